The van der Waals surface area contributed by atoms with Crippen molar-refractivity contribution in [2.45, 2.75) is 39.4 Å². The van der Waals surface area contributed by atoms with E-state index in [0.29, 0.717) is 16.9 Å². The normalized spacial score (nSPS) is 11.6. The van der Waals surface area contributed by atoms with Gasteiger partial charge in [-0.3, -0.25) is 10.1 Å². The van der Waals surface area contributed by atoms with Gasteiger partial charge in [-0.1, -0.05) is 12.1 Å². The molecule has 0 fully saturated rings. The Kier molecular flexibility index (Phi) is 7.15. The predicted molar refractivity (Wildman–Crippen MR) is 111 cm³/mol. The van der Waals surface area contributed by atoms with Crippen LogP contribution in [0.15, 0.2) is 48.5 Å². The van der Waals surface area contributed by atoms with Crippen LogP contribution < -0.4 is 10.6 Å². The molecule has 0 aliphatic carbocycles. The lowest BCUT2D eigenvalue weighted by atomic mass is 10.2. The third-order valence-corrected chi connectivity index (χ3v) is 3.72. The van der Waals surface area contributed by atoms with E-state index in [1.807, 2.05) is 6.07 Å². The summed E-state index contributed by atoms with van der Waals surface area (Å²) in [7, 11) is 0. The van der Waals surface area contributed by atoms with Crippen molar-refractivity contribution in [2.75, 3.05) is 10.6 Å². The zero-order chi connectivity index (χ0) is 22.3. The molecule has 2 N–H and O–H groups in total. The number of anilines is 2. The molecule has 0 radical (unpaired) electrons. The van der Waals surface area contributed by atoms with Crippen LogP contribution in [0.3, 0.4) is 0 Å². The Labute approximate surface area is 174 Å². The summed E-state index contributed by atoms with van der Waals surface area (Å²) >= 11 is 0. The van der Waals surface area contributed by atoms with Crippen LogP contribution in [0.1, 0.15) is 43.6 Å². The highest BCUT2D eigenvalue weighted by Gasteiger charge is 2.20. The standard InChI is InChI=1S/C22H23N3O5/c1-14(19(26)25-18-8-6-5-7-16(18)13-23)29-20(27)15-9-11-17(12-10-15)24-21(28)30-22(2,3)4/h5-12,14H,1-4H3,(H,24,28)(H,25,26)/t14-/m1/s1. The van der Waals surface area contributed by atoms with Crippen molar-refractivity contribution in [1.82, 2.24) is 0 Å². The molecule has 0 bridgehead atoms. The number of hydrogen-bond acceptors (Lipinski definition) is 6. The largest absolute Gasteiger partial charge is 0.449 e. The van der Waals surface area contributed by atoms with Crippen molar-refractivity contribution in [3.8, 4) is 6.07 Å². The molecule has 1 atom stereocenters. The van der Waals surface area contributed by atoms with Crippen molar-refractivity contribution < 1.29 is 23.9 Å². The van der Waals surface area contributed by atoms with Crippen LogP contribution in [0, 0.1) is 11.3 Å². The third kappa shape index (κ3) is 6.63. The first-order chi connectivity index (χ1) is 14.1. The molecule has 0 aromatic heterocycles. The molecule has 2 amide bonds. The van der Waals surface area contributed by atoms with Crippen LogP contribution in [0.4, 0.5) is 16.2 Å². The topological polar surface area (TPSA) is 118 Å². The first-order valence-corrected chi connectivity index (χ1v) is 9.20. The van der Waals surface area contributed by atoms with Crippen LogP contribution in [0.2, 0.25) is 0 Å². The maximum absolute atomic E-state index is 12.3. The Morgan fingerprint density at radius 1 is 1.00 bits per heavy atom. The second-order valence-corrected chi connectivity index (χ2v) is 7.40. The predicted octanol–water partition coefficient (Wildman–Crippen LogP) is 4.09. The number of benzene rings is 2. The summed E-state index contributed by atoms with van der Waals surface area (Å²) in [6.07, 6.45) is -1.69. The molecule has 0 heterocycles. The number of esters is 1. The molecule has 8 nitrogen and oxygen atoms in total. The molecule has 0 aliphatic rings. The molecule has 156 valence electrons. The zero-order valence-electron chi connectivity index (χ0n) is 17.2. The van der Waals surface area contributed by atoms with Gasteiger partial charge in [0.15, 0.2) is 6.10 Å². The first kappa shape index (κ1) is 22.4. The van der Waals surface area contributed by atoms with E-state index in [1.54, 1.807) is 45.0 Å². The summed E-state index contributed by atoms with van der Waals surface area (Å²) in [5.41, 5.74) is 0.669. The number of nitrogens with one attached hydrogen (secondary N) is 2. The van der Waals surface area contributed by atoms with Crippen molar-refractivity contribution in [3.05, 3.63) is 59.7 Å². The van der Waals surface area contributed by atoms with Gasteiger partial charge >= 0.3 is 12.1 Å². The summed E-state index contributed by atoms with van der Waals surface area (Å²) in [6, 6.07) is 14.5. The highest BCUT2D eigenvalue weighted by molar-refractivity contribution is 5.98. The van der Waals surface area contributed by atoms with Gasteiger partial charge in [0.1, 0.15) is 11.7 Å². The van der Waals surface area contributed by atoms with Gasteiger partial charge < -0.3 is 14.8 Å². The molecule has 0 saturated carbocycles. The van der Waals surface area contributed by atoms with Crippen LogP contribution in [-0.2, 0) is 14.3 Å². The van der Waals surface area contributed by atoms with Gasteiger partial charge in [0, 0.05) is 5.69 Å². The summed E-state index contributed by atoms with van der Waals surface area (Å²) in [5.74, 6) is -1.26. The van der Waals surface area contributed by atoms with Crippen LogP contribution >= 0.6 is 0 Å². The monoisotopic (exact) mass is 409 g/mol. The lowest BCUT2D eigenvalue weighted by molar-refractivity contribution is -0.123. The molecule has 0 spiro atoms. The van der Waals surface area contributed by atoms with Gasteiger partial charge in [-0.05, 0) is 64.1 Å². The highest BCUT2D eigenvalue weighted by Crippen LogP contribution is 2.16. The van der Waals surface area contributed by atoms with Gasteiger partial charge in [0.2, 0.25) is 0 Å². The van der Waals surface area contributed by atoms with Crippen molar-refractivity contribution in [2.24, 2.45) is 0 Å². The molecule has 0 aliphatic heterocycles. The van der Waals surface area contributed by atoms with Gasteiger partial charge in [0.05, 0.1) is 16.8 Å². The van der Waals surface area contributed by atoms with E-state index in [-0.39, 0.29) is 5.56 Å². The van der Waals surface area contributed by atoms with Crippen LogP contribution in [-0.4, -0.2) is 29.7 Å². The number of nitriles is 1. The lowest BCUT2D eigenvalue weighted by Gasteiger charge is -2.19. The Morgan fingerprint density at radius 2 is 1.63 bits per heavy atom. The zero-order valence-corrected chi connectivity index (χ0v) is 17.2. The lowest BCUT2D eigenvalue weighted by Crippen LogP contribution is -2.30. The number of carbonyl (C=O) groups is 3. The average molecular weight is 409 g/mol. The fraction of sp³-hybridized carbons (Fsp3) is 0.273. The molecular formula is C22H23N3O5. The number of para-hydroxylation sites is 1. The molecule has 0 unspecified atom stereocenters. The molecule has 2 aromatic rings. The smallest absolute Gasteiger partial charge is 0.412 e. The minimum Gasteiger partial charge on any atom is -0.449 e. The van der Waals surface area contributed by atoms with Crippen molar-refractivity contribution in [1.29, 1.82) is 5.26 Å². The quantitative estimate of drug-likeness (QED) is 0.718. The minimum atomic E-state index is -1.08. The number of carbonyl (C=O) groups excluding carboxylic acids is 3. The Hall–Kier alpha value is -3.86. The molecule has 2 rings (SSSR count). The first-order valence-electron chi connectivity index (χ1n) is 9.20. The fourth-order valence-corrected chi connectivity index (χ4v) is 2.32. The maximum Gasteiger partial charge on any atom is 0.412 e. The molecule has 30 heavy (non-hydrogen) atoms. The average Bonchev–Trinajstić information content (AvgIpc) is 2.67. The third-order valence-electron chi connectivity index (χ3n) is 3.72. The second-order valence-electron chi connectivity index (χ2n) is 7.40. The van der Waals surface area contributed by atoms with E-state index in [1.165, 1.54) is 31.2 Å². The number of hydrogen-bond donors (Lipinski definition) is 2. The summed E-state index contributed by atoms with van der Waals surface area (Å²) in [6.45, 7) is 6.69. The highest BCUT2D eigenvalue weighted by atomic mass is 16.6. The van der Waals surface area contributed by atoms with E-state index >= 15 is 0 Å². The van der Waals surface area contributed by atoms with E-state index in [0.717, 1.165) is 0 Å². The van der Waals surface area contributed by atoms with Gasteiger partial charge in [0.25, 0.3) is 5.91 Å². The molecular weight excluding hydrogens is 386 g/mol. The van der Waals surface area contributed by atoms with Crippen molar-refractivity contribution >= 4 is 29.3 Å². The van der Waals surface area contributed by atoms with Gasteiger partial charge in [-0.25, -0.2) is 9.59 Å². The second kappa shape index (κ2) is 9.56. The summed E-state index contributed by atoms with van der Waals surface area (Å²) in [4.78, 5) is 36.3. The Bertz CT molecular complexity index is 972. The molecule has 8 heteroatoms. The SMILES string of the molecule is C[C@@H](OC(=O)c1ccc(NC(=O)OC(C)(C)C)cc1)C(=O)Nc1ccccc1C#N. The Morgan fingerprint density at radius 3 is 2.23 bits per heavy atom. The number of ether oxygens (including phenoxy) is 2. The van der Waals surface area contributed by atoms with Gasteiger partial charge in [-0.2, -0.15) is 5.26 Å². The van der Waals surface area contributed by atoms with Crippen LogP contribution in [0.25, 0.3) is 0 Å². The number of nitrogens with zero attached hydrogens (tertiary/aromatic N) is 1. The van der Waals surface area contributed by atoms with E-state index in [9.17, 15) is 14.4 Å². The number of amides is 2. The van der Waals surface area contributed by atoms with E-state index < -0.39 is 29.7 Å². The van der Waals surface area contributed by atoms with E-state index in [2.05, 4.69) is 10.6 Å². The maximum atomic E-state index is 12.3. The molecule has 0 saturated heterocycles. The van der Waals surface area contributed by atoms with Crippen LogP contribution in [0.5, 0.6) is 0 Å². The van der Waals surface area contributed by atoms with Gasteiger partial charge in [-0.15, -0.1) is 0 Å². The van der Waals surface area contributed by atoms with E-state index in [4.69, 9.17) is 14.7 Å². The molecule has 2 aromatic carbocycles. The summed E-state index contributed by atoms with van der Waals surface area (Å²) in [5, 5.41) is 14.2. The minimum absolute atomic E-state index is 0.210. The van der Waals surface area contributed by atoms with Crippen molar-refractivity contribution in [3.63, 3.8) is 0 Å². The Balaban J connectivity index is 1.94. The summed E-state index contributed by atoms with van der Waals surface area (Å²) < 4.78 is 10.3. The fourth-order valence-electron chi connectivity index (χ4n) is 2.32. The number of rotatable bonds is 5.